The summed E-state index contributed by atoms with van der Waals surface area (Å²) >= 11 is 5.71. The number of piperidine rings is 1. The maximum absolute atomic E-state index is 12.1. The molecule has 0 radical (unpaired) electrons. The van der Waals surface area contributed by atoms with Crippen LogP contribution in [0.4, 0.5) is 0 Å². The lowest BCUT2D eigenvalue weighted by atomic mass is 10.0. The molecule has 0 bridgehead atoms. The van der Waals surface area contributed by atoms with Gasteiger partial charge in [-0.25, -0.2) is 0 Å². The van der Waals surface area contributed by atoms with Gasteiger partial charge in [-0.05, 0) is 24.1 Å². The SMILES string of the molecule is CN1CC(NC(=O)c2ccc(CCl)cc2)CCC1=O. The number of hydrogen-bond donors (Lipinski definition) is 1. The maximum atomic E-state index is 12.1. The fourth-order valence-electron chi connectivity index (χ4n) is 2.14. The third-order valence-corrected chi connectivity index (χ3v) is 3.64. The Bertz CT molecular complexity index is 473. The van der Waals surface area contributed by atoms with Crippen LogP contribution in [-0.4, -0.2) is 36.3 Å². The summed E-state index contributed by atoms with van der Waals surface area (Å²) in [6.07, 6.45) is 1.20. The Hall–Kier alpha value is -1.55. The number of hydrogen-bond acceptors (Lipinski definition) is 2. The molecule has 0 aliphatic carbocycles. The standard InChI is InChI=1S/C14H17ClN2O2/c1-17-9-12(6-7-13(17)18)16-14(19)11-4-2-10(8-15)3-5-11/h2-5,12H,6-9H2,1H3,(H,16,19). The zero-order valence-electron chi connectivity index (χ0n) is 10.9. The molecule has 1 fully saturated rings. The van der Waals surface area contributed by atoms with Crippen LogP contribution >= 0.6 is 11.6 Å². The Labute approximate surface area is 117 Å². The number of likely N-dealkylation sites (N-methyl/N-ethyl adjacent to an activating group) is 1. The number of nitrogens with one attached hydrogen (secondary N) is 1. The van der Waals surface area contributed by atoms with Crippen molar-refractivity contribution in [3.05, 3.63) is 35.4 Å². The van der Waals surface area contributed by atoms with Crippen LogP contribution in [0.1, 0.15) is 28.8 Å². The highest BCUT2D eigenvalue weighted by molar-refractivity contribution is 6.17. The second-order valence-electron chi connectivity index (χ2n) is 4.81. The molecule has 0 saturated carbocycles. The second kappa shape index (κ2) is 6.06. The first kappa shape index (κ1) is 13.9. The zero-order chi connectivity index (χ0) is 13.8. The molecule has 1 saturated heterocycles. The number of carbonyl (C=O) groups excluding carboxylic acids is 2. The Morgan fingerprint density at radius 2 is 2.11 bits per heavy atom. The quantitative estimate of drug-likeness (QED) is 0.858. The number of benzene rings is 1. The molecule has 4 nitrogen and oxygen atoms in total. The summed E-state index contributed by atoms with van der Waals surface area (Å²) in [6, 6.07) is 7.26. The molecule has 102 valence electrons. The zero-order valence-corrected chi connectivity index (χ0v) is 11.6. The second-order valence-corrected chi connectivity index (χ2v) is 5.08. The third-order valence-electron chi connectivity index (χ3n) is 3.33. The number of nitrogens with zero attached hydrogens (tertiary/aromatic N) is 1. The molecule has 1 aliphatic heterocycles. The van der Waals surface area contributed by atoms with Crippen molar-refractivity contribution in [3.63, 3.8) is 0 Å². The highest BCUT2D eigenvalue weighted by Gasteiger charge is 2.24. The van der Waals surface area contributed by atoms with Crippen LogP contribution in [0.25, 0.3) is 0 Å². The van der Waals surface area contributed by atoms with Gasteiger partial charge in [0, 0.05) is 37.5 Å². The summed E-state index contributed by atoms with van der Waals surface area (Å²) in [6.45, 7) is 0.574. The summed E-state index contributed by atoms with van der Waals surface area (Å²) in [7, 11) is 1.76. The number of likely N-dealkylation sites (tertiary alicyclic amines) is 1. The molecule has 2 rings (SSSR count). The van der Waals surface area contributed by atoms with Crippen molar-refractivity contribution >= 4 is 23.4 Å². The molecular weight excluding hydrogens is 264 g/mol. The van der Waals surface area contributed by atoms with Crippen LogP contribution in [0.15, 0.2) is 24.3 Å². The van der Waals surface area contributed by atoms with E-state index in [1.165, 1.54) is 0 Å². The third kappa shape index (κ3) is 3.47. The normalized spacial score (nSPS) is 19.4. The minimum absolute atomic E-state index is 0.0305. The van der Waals surface area contributed by atoms with Crippen LogP contribution in [0.2, 0.25) is 0 Å². The van der Waals surface area contributed by atoms with Crippen LogP contribution in [0.3, 0.4) is 0 Å². The fourth-order valence-corrected chi connectivity index (χ4v) is 2.32. The fraction of sp³-hybridized carbons (Fsp3) is 0.429. The smallest absolute Gasteiger partial charge is 0.251 e. The summed E-state index contributed by atoms with van der Waals surface area (Å²) in [5.74, 6) is 0.475. The van der Waals surface area contributed by atoms with E-state index in [9.17, 15) is 9.59 Å². The first-order valence-corrected chi connectivity index (χ1v) is 6.83. The summed E-state index contributed by atoms with van der Waals surface area (Å²) in [4.78, 5) is 25.1. The van der Waals surface area contributed by atoms with Crippen molar-refractivity contribution in [2.75, 3.05) is 13.6 Å². The summed E-state index contributed by atoms with van der Waals surface area (Å²) in [5.41, 5.74) is 1.61. The topological polar surface area (TPSA) is 49.4 Å². The Morgan fingerprint density at radius 1 is 1.42 bits per heavy atom. The van der Waals surface area contributed by atoms with Gasteiger partial charge in [-0.2, -0.15) is 0 Å². The molecule has 1 aliphatic rings. The molecule has 0 spiro atoms. The van der Waals surface area contributed by atoms with Gasteiger partial charge in [0.05, 0.1) is 0 Å². The highest BCUT2D eigenvalue weighted by atomic mass is 35.5. The van der Waals surface area contributed by atoms with Gasteiger partial charge in [-0.1, -0.05) is 12.1 Å². The van der Waals surface area contributed by atoms with Crippen LogP contribution in [0, 0.1) is 0 Å². The molecule has 1 aromatic rings. The lowest BCUT2D eigenvalue weighted by Gasteiger charge is -2.30. The predicted octanol–water partition coefficient (Wildman–Crippen LogP) is 1.78. The van der Waals surface area contributed by atoms with Crippen molar-refractivity contribution in [2.24, 2.45) is 0 Å². The van der Waals surface area contributed by atoms with E-state index in [-0.39, 0.29) is 17.9 Å². The van der Waals surface area contributed by atoms with Crippen molar-refractivity contribution in [1.29, 1.82) is 0 Å². The number of amides is 2. The molecule has 19 heavy (non-hydrogen) atoms. The molecule has 1 aromatic carbocycles. The number of alkyl halides is 1. The van der Waals surface area contributed by atoms with E-state index >= 15 is 0 Å². The molecule has 1 atom stereocenters. The van der Waals surface area contributed by atoms with Gasteiger partial charge in [0.25, 0.3) is 5.91 Å². The molecular formula is C14H17ClN2O2. The van der Waals surface area contributed by atoms with E-state index in [4.69, 9.17) is 11.6 Å². The summed E-state index contributed by atoms with van der Waals surface area (Å²) < 4.78 is 0. The average molecular weight is 281 g/mol. The lowest BCUT2D eigenvalue weighted by Crippen LogP contribution is -2.48. The van der Waals surface area contributed by atoms with Crippen molar-refractivity contribution < 1.29 is 9.59 Å². The minimum atomic E-state index is -0.103. The molecule has 2 amide bonds. The molecule has 0 aromatic heterocycles. The van der Waals surface area contributed by atoms with Crippen LogP contribution < -0.4 is 5.32 Å². The van der Waals surface area contributed by atoms with Gasteiger partial charge in [-0.15, -0.1) is 11.6 Å². The number of halogens is 1. The minimum Gasteiger partial charge on any atom is -0.348 e. The Balaban J connectivity index is 1.95. The van der Waals surface area contributed by atoms with Crippen molar-refractivity contribution in [2.45, 2.75) is 24.8 Å². The molecule has 1 N–H and O–H groups in total. The lowest BCUT2D eigenvalue weighted by molar-refractivity contribution is -0.132. The van der Waals surface area contributed by atoms with E-state index in [0.717, 1.165) is 5.56 Å². The first-order valence-electron chi connectivity index (χ1n) is 6.30. The van der Waals surface area contributed by atoms with E-state index in [2.05, 4.69) is 5.32 Å². The van der Waals surface area contributed by atoms with Gasteiger partial charge < -0.3 is 10.2 Å². The van der Waals surface area contributed by atoms with E-state index in [1.807, 2.05) is 12.1 Å². The van der Waals surface area contributed by atoms with Gasteiger partial charge in [0.2, 0.25) is 5.91 Å². The average Bonchev–Trinajstić information content (AvgIpc) is 2.43. The maximum Gasteiger partial charge on any atom is 0.251 e. The van der Waals surface area contributed by atoms with E-state index < -0.39 is 0 Å². The Kier molecular flexibility index (Phi) is 4.43. The van der Waals surface area contributed by atoms with Gasteiger partial charge in [0.15, 0.2) is 0 Å². The van der Waals surface area contributed by atoms with Gasteiger partial charge in [-0.3, -0.25) is 9.59 Å². The highest BCUT2D eigenvalue weighted by Crippen LogP contribution is 2.11. The number of carbonyl (C=O) groups is 2. The molecule has 5 heteroatoms. The monoisotopic (exact) mass is 280 g/mol. The van der Waals surface area contributed by atoms with Crippen LogP contribution in [-0.2, 0) is 10.7 Å². The van der Waals surface area contributed by atoms with Crippen molar-refractivity contribution in [1.82, 2.24) is 10.2 Å². The summed E-state index contributed by atoms with van der Waals surface area (Å²) in [5, 5.41) is 2.96. The first-order chi connectivity index (χ1) is 9.10. The molecule has 1 heterocycles. The van der Waals surface area contributed by atoms with Crippen molar-refractivity contribution in [3.8, 4) is 0 Å². The van der Waals surface area contributed by atoms with E-state index in [1.54, 1.807) is 24.1 Å². The Morgan fingerprint density at radius 3 is 2.68 bits per heavy atom. The molecule has 1 unspecified atom stereocenters. The number of rotatable bonds is 3. The van der Waals surface area contributed by atoms with Gasteiger partial charge in [0.1, 0.15) is 0 Å². The predicted molar refractivity (Wildman–Crippen MR) is 74.1 cm³/mol. The van der Waals surface area contributed by atoms with E-state index in [0.29, 0.717) is 30.8 Å². The van der Waals surface area contributed by atoms with Crippen LogP contribution in [0.5, 0.6) is 0 Å². The van der Waals surface area contributed by atoms with Gasteiger partial charge >= 0.3 is 0 Å². The largest absolute Gasteiger partial charge is 0.348 e.